The lowest BCUT2D eigenvalue weighted by atomic mass is 10.1. The van der Waals surface area contributed by atoms with Crippen LogP contribution in [0.2, 0.25) is 0 Å². The van der Waals surface area contributed by atoms with Crippen molar-refractivity contribution in [2.75, 3.05) is 0 Å². The van der Waals surface area contributed by atoms with Crippen molar-refractivity contribution in [3.63, 3.8) is 0 Å². The molecule has 0 aliphatic heterocycles. The van der Waals surface area contributed by atoms with Crippen molar-refractivity contribution in [2.24, 2.45) is 0 Å². The van der Waals surface area contributed by atoms with Gasteiger partial charge in [0.05, 0.1) is 11.2 Å². The standard InChI is InChI=1S/C14H11N3O/c1-7-4-3-5-9-10-6-11-13(8(2)17-18-11)16-14(10)15-12(7)9/h3-6,17H,1-2H3. The Kier molecular flexibility index (Phi) is 1.66. The molecule has 0 spiro atoms. The molecule has 0 fully saturated rings. The van der Waals surface area contributed by atoms with Crippen molar-refractivity contribution >= 4 is 33.0 Å². The molecule has 1 N–H and O–H groups in total. The summed E-state index contributed by atoms with van der Waals surface area (Å²) in [4.78, 5) is 9.20. The number of para-hydroxylation sites is 1. The van der Waals surface area contributed by atoms with Crippen molar-refractivity contribution in [3.05, 3.63) is 35.5 Å². The van der Waals surface area contributed by atoms with Gasteiger partial charge < -0.3 is 4.52 Å². The Bertz CT molecular complexity index is 901. The number of benzene rings is 1. The first-order valence-corrected chi connectivity index (χ1v) is 5.87. The van der Waals surface area contributed by atoms with E-state index in [9.17, 15) is 0 Å². The van der Waals surface area contributed by atoms with Gasteiger partial charge in [-0.2, -0.15) is 0 Å². The molecule has 18 heavy (non-hydrogen) atoms. The lowest BCUT2D eigenvalue weighted by Crippen LogP contribution is -1.79. The van der Waals surface area contributed by atoms with Gasteiger partial charge >= 0.3 is 0 Å². The molecule has 0 aliphatic rings. The molecule has 1 aromatic carbocycles. The van der Waals surface area contributed by atoms with Gasteiger partial charge in [-0.25, -0.2) is 15.1 Å². The summed E-state index contributed by atoms with van der Waals surface area (Å²) in [5, 5.41) is 5.01. The van der Waals surface area contributed by atoms with Gasteiger partial charge in [-0.3, -0.25) is 0 Å². The summed E-state index contributed by atoms with van der Waals surface area (Å²) in [5.74, 6) is 0. The SMILES string of the molecule is Cc1[nH]oc2cc3c(nc12)nc1c(C)cccc13. The third-order valence-corrected chi connectivity index (χ3v) is 3.38. The van der Waals surface area contributed by atoms with Crippen molar-refractivity contribution in [3.8, 4) is 0 Å². The van der Waals surface area contributed by atoms with Crippen LogP contribution >= 0.6 is 0 Å². The first kappa shape index (κ1) is 9.65. The average molecular weight is 237 g/mol. The molecule has 3 aromatic heterocycles. The molecule has 0 amide bonds. The number of rotatable bonds is 0. The van der Waals surface area contributed by atoms with Gasteiger partial charge in [-0.05, 0) is 25.5 Å². The summed E-state index contributed by atoms with van der Waals surface area (Å²) in [7, 11) is 0. The van der Waals surface area contributed by atoms with Crippen molar-refractivity contribution in [1.29, 1.82) is 0 Å². The highest BCUT2D eigenvalue weighted by atomic mass is 16.5. The van der Waals surface area contributed by atoms with Crippen LogP contribution in [0.3, 0.4) is 0 Å². The van der Waals surface area contributed by atoms with E-state index in [0.29, 0.717) is 0 Å². The van der Waals surface area contributed by atoms with Gasteiger partial charge in [0, 0.05) is 10.8 Å². The Morgan fingerprint density at radius 1 is 1.06 bits per heavy atom. The van der Waals surface area contributed by atoms with Crippen LogP contribution in [0.1, 0.15) is 11.3 Å². The maximum absolute atomic E-state index is 5.39. The number of nitrogens with zero attached hydrogens (tertiary/aromatic N) is 2. The fraction of sp³-hybridized carbons (Fsp3) is 0.143. The summed E-state index contributed by atoms with van der Waals surface area (Å²) in [5.41, 5.74) is 5.53. The molecule has 4 heteroatoms. The highest BCUT2D eigenvalue weighted by Gasteiger charge is 2.12. The Hall–Kier alpha value is -2.36. The molecule has 3 heterocycles. The van der Waals surface area contributed by atoms with Crippen LogP contribution < -0.4 is 0 Å². The number of aromatic amines is 1. The summed E-state index contributed by atoms with van der Waals surface area (Å²) in [6.45, 7) is 4.01. The summed E-state index contributed by atoms with van der Waals surface area (Å²) in [6, 6.07) is 8.19. The van der Waals surface area contributed by atoms with Gasteiger partial charge in [0.15, 0.2) is 11.2 Å². The van der Waals surface area contributed by atoms with Crippen LogP contribution in [0.15, 0.2) is 28.8 Å². The molecule has 0 saturated carbocycles. The zero-order valence-electron chi connectivity index (χ0n) is 10.1. The van der Waals surface area contributed by atoms with Crippen LogP contribution in [0.5, 0.6) is 0 Å². The van der Waals surface area contributed by atoms with Gasteiger partial charge in [0.2, 0.25) is 0 Å². The largest absolute Gasteiger partial charge is 0.380 e. The second kappa shape index (κ2) is 3.10. The Morgan fingerprint density at radius 2 is 1.89 bits per heavy atom. The van der Waals surface area contributed by atoms with Gasteiger partial charge in [-0.1, -0.05) is 18.2 Å². The van der Waals surface area contributed by atoms with Crippen LogP contribution in [-0.2, 0) is 0 Å². The van der Waals surface area contributed by atoms with E-state index in [0.717, 1.165) is 38.7 Å². The molecule has 0 bridgehead atoms. The molecular weight excluding hydrogens is 226 g/mol. The molecule has 0 aliphatic carbocycles. The number of hydrogen-bond donors (Lipinski definition) is 1. The van der Waals surface area contributed by atoms with Crippen molar-refractivity contribution in [2.45, 2.75) is 13.8 Å². The van der Waals surface area contributed by atoms with Crippen LogP contribution in [0.25, 0.3) is 33.0 Å². The molecule has 88 valence electrons. The Labute approximate surface area is 103 Å². The predicted molar refractivity (Wildman–Crippen MR) is 70.6 cm³/mol. The number of fused-ring (bicyclic) bond motifs is 4. The van der Waals surface area contributed by atoms with Gasteiger partial charge in [-0.15, -0.1) is 0 Å². The third kappa shape index (κ3) is 1.09. The molecule has 4 rings (SSSR count). The summed E-state index contributed by atoms with van der Waals surface area (Å²) >= 11 is 0. The monoisotopic (exact) mass is 237 g/mol. The quantitative estimate of drug-likeness (QED) is 0.509. The highest BCUT2D eigenvalue weighted by Crippen LogP contribution is 2.29. The van der Waals surface area contributed by atoms with E-state index in [4.69, 9.17) is 4.52 Å². The molecule has 0 saturated heterocycles. The van der Waals surface area contributed by atoms with Crippen LogP contribution in [0, 0.1) is 13.8 Å². The topological polar surface area (TPSA) is 54.7 Å². The fourth-order valence-electron chi connectivity index (χ4n) is 2.43. The number of hydrogen-bond acceptors (Lipinski definition) is 3. The maximum Gasteiger partial charge on any atom is 0.183 e. The first-order valence-electron chi connectivity index (χ1n) is 5.87. The molecule has 0 atom stereocenters. The second-order valence-electron chi connectivity index (χ2n) is 4.62. The molecule has 0 unspecified atom stereocenters. The average Bonchev–Trinajstić information content (AvgIpc) is 2.90. The predicted octanol–water partition coefficient (Wildman–Crippen LogP) is 3.47. The minimum Gasteiger partial charge on any atom is -0.380 e. The fourth-order valence-corrected chi connectivity index (χ4v) is 2.43. The highest BCUT2D eigenvalue weighted by molar-refractivity contribution is 6.09. The minimum absolute atomic E-state index is 0.774. The molecule has 4 aromatic rings. The second-order valence-corrected chi connectivity index (χ2v) is 4.62. The van der Waals surface area contributed by atoms with E-state index >= 15 is 0 Å². The van der Waals surface area contributed by atoms with Gasteiger partial charge in [0.1, 0.15) is 5.52 Å². The number of aromatic nitrogens is 3. The van der Waals surface area contributed by atoms with E-state index in [1.54, 1.807) is 0 Å². The van der Waals surface area contributed by atoms with Crippen LogP contribution in [-0.4, -0.2) is 15.1 Å². The third-order valence-electron chi connectivity index (χ3n) is 3.38. The van der Waals surface area contributed by atoms with E-state index in [2.05, 4.69) is 34.2 Å². The first-order chi connectivity index (χ1) is 8.74. The molecule has 0 radical (unpaired) electrons. The lowest BCUT2D eigenvalue weighted by molar-refractivity contribution is 0.450. The van der Waals surface area contributed by atoms with Crippen molar-refractivity contribution < 1.29 is 4.52 Å². The van der Waals surface area contributed by atoms with E-state index in [1.807, 2.05) is 19.1 Å². The minimum atomic E-state index is 0.774. The number of nitrogens with one attached hydrogen (secondary N) is 1. The Balaban J connectivity index is 2.28. The lowest BCUT2D eigenvalue weighted by Gasteiger charge is -1.92. The van der Waals surface area contributed by atoms with E-state index in [1.165, 1.54) is 5.56 Å². The molecule has 4 nitrogen and oxygen atoms in total. The smallest absolute Gasteiger partial charge is 0.183 e. The maximum atomic E-state index is 5.39. The molecular formula is C14H11N3O. The number of H-pyrrole nitrogens is 1. The van der Waals surface area contributed by atoms with Crippen molar-refractivity contribution in [1.82, 2.24) is 15.1 Å². The normalized spacial score (nSPS) is 11.9. The zero-order valence-corrected chi connectivity index (χ0v) is 10.1. The zero-order chi connectivity index (χ0) is 12.3. The summed E-state index contributed by atoms with van der Waals surface area (Å²) < 4.78 is 5.39. The van der Waals surface area contributed by atoms with Gasteiger partial charge in [0.25, 0.3) is 0 Å². The number of pyridine rings is 1. The van der Waals surface area contributed by atoms with Crippen LogP contribution in [0.4, 0.5) is 0 Å². The summed E-state index contributed by atoms with van der Waals surface area (Å²) in [6.07, 6.45) is 0. The van der Waals surface area contributed by atoms with E-state index < -0.39 is 0 Å². The van der Waals surface area contributed by atoms with E-state index in [-0.39, 0.29) is 0 Å². The Morgan fingerprint density at radius 3 is 2.78 bits per heavy atom. The number of aryl methyl sites for hydroxylation is 2.